The minimum Gasteiger partial charge on any atom is -0.469 e. The molecule has 2 aromatic rings. The number of ether oxygens (including phenoxy) is 1. The fourth-order valence-corrected chi connectivity index (χ4v) is 1.85. The highest BCUT2D eigenvalue weighted by atomic mass is 35.5. The van der Waals surface area contributed by atoms with Gasteiger partial charge in [0, 0.05) is 15.6 Å². The van der Waals surface area contributed by atoms with E-state index in [0.29, 0.717) is 21.4 Å². The second-order valence-corrected chi connectivity index (χ2v) is 4.30. The van der Waals surface area contributed by atoms with Crippen molar-refractivity contribution in [3.05, 3.63) is 34.1 Å². The zero-order chi connectivity index (χ0) is 13.1. The van der Waals surface area contributed by atoms with Gasteiger partial charge >= 0.3 is 5.97 Å². The Labute approximate surface area is 113 Å². The van der Waals surface area contributed by atoms with E-state index in [1.807, 2.05) is 0 Å². The first kappa shape index (κ1) is 12.9. The summed E-state index contributed by atoms with van der Waals surface area (Å²) in [6, 6.07) is 4.91. The van der Waals surface area contributed by atoms with E-state index in [9.17, 15) is 4.79 Å². The standard InChI is InChI=1S/C11H8Cl2N2O3/c1-17-10(16)5-9-14-11(15-18-9)6-2-7(12)4-8(13)3-6/h2-4H,5H2,1H3. The normalized spacial score (nSPS) is 10.4. The lowest BCUT2D eigenvalue weighted by molar-refractivity contribution is -0.140. The first-order valence-corrected chi connectivity index (χ1v) is 5.70. The Balaban J connectivity index is 2.26. The molecule has 94 valence electrons. The molecule has 1 heterocycles. The van der Waals surface area contributed by atoms with Gasteiger partial charge in [-0.25, -0.2) is 0 Å². The van der Waals surface area contributed by atoms with Gasteiger partial charge in [0.1, 0.15) is 6.42 Å². The maximum absolute atomic E-state index is 11.0. The highest BCUT2D eigenvalue weighted by molar-refractivity contribution is 6.35. The number of esters is 1. The molecule has 2 rings (SSSR count). The second kappa shape index (κ2) is 5.37. The number of halogens is 2. The van der Waals surface area contributed by atoms with Gasteiger partial charge in [0.25, 0.3) is 0 Å². The molecule has 0 aliphatic rings. The molecule has 0 atom stereocenters. The average Bonchev–Trinajstić information content (AvgIpc) is 2.76. The van der Waals surface area contributed by atoms with E-state index in [-0.39, 0.29) is 12.3 Å². The lowest BCUT2D eigenvalue weighted by Crippen LogP contribution is -2.04. The third-order valence-corrected chi connectivity index (χ3v) is 2.55. The summed E-state index contributed by atoms with van der Waals surface area (Å²) < 4.78 is 9.42. The summed E-state index contributed by atoms with van der Waals surface area (Å²) >= 11 is 11.7. The molecular formula is C11H8Cl2N2O3. The van der Waals surface area contributed by atoms with Gasteiger partial charge in [0.15, 0.2) is 0 Å². The summed E-state index contributed by atoms with van der Waals surface area (Å²) in [5.41, 5.74) is 0.618. The zero-order valence-electron chi connectivity index (χ0n) is 9.31. The van der Waals surface area contributed by atoms with Crippen molar-refractivity contribution in [1.82, 2.24) is 10.1 Å². The number of methoxy groups -OCH3 is 1. The predicted octanol–water partition coefficient (Wildman–Crippen LogP) is 2.76. The Morgan fingerprint density at radius 3 is 2.61 bits per heavy atom. The molecule has 0 unspecified atom stereocenters. The summed E-state index contributed by atoms with van der Waals surface area (Å²) in [5.74, 6) is 0.0422. The van der Waals surface area contributed by atoms with Crippen LogP contribution in [0.3, 0.4) is 0 Å². The van der Waals surface area contributed by atoms with Crippen molar-refractivity contribution in [2.45, 2.75) is 6.42 Å². The molecule has 0 amide bonds. The van der Waals surface area contributed by atoms with Crippen LogP contribution in [0.15, 0.2) is 22.7 Å². The zero-order valence-corrected chi connectivity index (χ0v) is 10.8. The molecule has 1 aromatic carbocycles. The van der Waals surface area contributed by atoms with Crippen molar-refractivity contribution in [3.8, 4) is 11.4 Å². The number of hydrogen-bond donors (Lipinski definition) is 0. The summed E-state index contributed by atoms with van der Waals surface area (Å²) in [4.78, 5) is 15.1. The van der Waals surface area contributed by atoms with E-state index in [1.54, 1.807) is 18.2 Å². The van der Waals surface area contributed by atoms with E-state index < -0.39 is 5.97 Å². The van der Waals surface area contributed by atoms with Crippen LogP contribution >= 0.6 is 23.2 Å². The fourth-order valence-electron chi connectivity index (χ4n) is 1.32. The van der Waals surface area contributed by atoms with Crippen molar-refractivity contribution in [1.29, 1.82) is 0 Å². The van der Waals surface area contributed by atoms with Gasteiger partial charge in [-0.2, -0.15) is 4.98 Å². The van der Waals surface area contributed by atoms with Gasteiger partial charge < -0.3 is 9.26 Å². The van der Waals surface area contributed by atoms with Crippen molar-refractivity contribution < 1.29 is 14.1 Å². The van der Waals surface area contributed by atoms with Crippen molar-refractivity contribution in [3.63, 3.8) is 0 Å². The molecular weight excluding hydrogens is 279 g/mol. The van der Waals surface area contributed by atoms with Gasteiger partial charge in [0.05, 0.1) is 7.11 Å². The predicted molar refractivity (Wildman–Crippen MR) is 65.5 cm³/mol. The first-order chi connectivity index (χ1) is 8.58. The van der Waals surface area contributed by atoms with E-state index in [1.165, 1.54) is 7.11 Å². The topological polar surface area (TPSA) is 65.2 Å². The number of carbonyl (C=O) groups is 1. The lowest BCUT2D eigenvalue weighted by Gasteiger charge is -1.97. The second-order valence-electron chi connectivity index (χ2n) is 3.42. The molecule has 0 spiro atoms. The Hall–Kier alpha value is -1.59. The molecule has 0 radical (unpaired) electrons. The number of carbonyl (C=O) groups excluding carboxylic acids is 1. The van der Waals surface area contributed by atoms with Crippen LogP contribution in [0.25, 0.3) is 11.4 Å². The molecule has 7 heteroatoms. The Bertz CT molecular complexity index is 563. The fraction of sp³-hybridized carbons (Fsp3) is 0.182. The number of nitrogens with zero attached hydrogens (tertiary/aromatic N) is 2. The number of rotatable bonds is 3. The van der Waals surface area contributed by atoms with E-state index in [0.717, 1.165) is 0 Å². The van der Waals surface area contributed by atoms with E-state index in [4.69, 9.17) is 27.7 Å². The summed E-state index contributed by atoms with van der Waals surface area (Å²) in [6.45, 7) is 0. The largest absolute Gasteiger partial charge is 0.469 e. The SMILES string of the molecule is COC(=O)Cc1nc(-c2cc(Cl)cc(Cl)c2)no1. The molecule has 1 aromatic heterocycles. The van der Waals surface area contributed by atoms with Crippen molar-refractivity contribution in [2.24, 2.45) is 0 Å². The molecule has 0 aliphatic carbocycles. The highest BCUT2D eigenvalue weighted by Gasteiger charge is 2.13. The average molecular weight is 287 g/mol. The summed E-state index contributed by atoms with van der Waals surface area (Å²) in [7, 11) is 1.29. The first-order valence-electron chi connectivity index (χ1n) is 4.94. The van der Waals surface area contributed by atoms with Gasteiger partial charge in [-0.3, -0.25) is 4.79 Å². The monoisotopic (exact) mass is 286 g/mol. The molecule has 0 saturated heterocycles. The molecule has 5 nitrogen and oxygen atoms in total. The minimum atomic E-state index is -0.450. The van der Waals surface area contributed by atoms with E-state index in [2.05, 4.69) is 14.9 Å². The summed E-state index contributed by atoms with van der Waals surface area (Å²) in [5, 5.41) is 4.68. The Morgan fingerprint density at radius 1 is 1.33 bits per heavy atom. The van der Waals surface area contributed by atoms with Crippen LogP contribution in [0.2, 0.25) is 10.0 Å². The van der Waals surface area contributed by atoms with Crippen molar-refractivity contribution in [2.75, 3.05) is 7.11 Å². The smallest absolute Gasteiger partial charge is 0.315 e. The molecule has 0 aliphatic heterocycles. The number of aromatic nitrogens is 2. The van der Waals surface area contributed by atoms with Crippen LogP contribution in [0.5, 0.6) is 0 Å². The quantitative estimate of drug-likeness (QED) is 0.812. The molecule has 0 bridgehead atoms. The highest BCUT2D eigenvalue weighted by Crippen LogP contribution is 2.25. The van der Waals surface area contributed by atoms with E-state index >= 15 is 0 Å². The number of hydrogen-bond acceptors (Lipinski definition) is 5. The molecule has 0 N–H and O–H groups in total. The van der Waals surface area contributed by atoms with Gasteiger partial charge in [-0.15, -0.1) is 0 Å². The van der Waals surface area contributed by atoms with Gasteiger partial charge in [-0.05, 0) is 18.2 Å². The minimum absolute atomic E-state index is 0.0716. The lowest BCUT2D eigenvalue weighted by atomic mass is 10.2. The van der Waals surface area contributed by atoms with Crippen LogP contribution in [0.1, 0.15) is 5.89 Å². The Kier molecular flexibility index (Phi) is 3.84. The van der Waals surface area contributed by atoms with Crippen LogP contribution in [0, 0.1) is 0 Å². The van der Waals surface area contributed by atoms with Gasteiger partial charge in [0.2, 0.25) is 11.7 Å². The van der Waals surface area contributed by atoms with Crippen molar-refractivity contribution >= 4 is 29.2 Å². The van der Waals surface area contributed by atoms with Crippen LogP contribution in [0.4, 0.5) is 0 Å². The summed E-state index contributed by atoms with van der Waals surface area (Å²) in [6.07, 6.45) is -0.0716. The molecule has 18 heavy (non-hydrogen) atoms. The number of benzene rings is 1. The molecule has 0 fully saturated rings. The van der Waals surface area contributed by atoms with Crippen LogP contribution in [-0.2, 0) is 16.0 Å². The van der Waals surface area contributed by atoms with Crippen LogP contribution in [-0.4, -0.2) is 23.2 Å². The molecule has 0 saturated carbocycles. The third-order valence-electron chi connectivity index (χ3n) is 2.11. The maximum Gasteiger partial charge on any atom is 0.315 e. The maximum atomic E-state index is 11.0. The third kappa shape index (κ3) is 3.00. The van der Waals surface area contributed by atoms with Gasteiger partial charge in [-0.1, -0.05) is 28.4 Å². The van der Waals surface area contributed by atoms with Crippen LogP contribution < -0.4 is 0 Å². The Morgan fingerprint density at radius 2 is 2.00 bits per heavy atom.